The van der Waals surface area contributed by atoms with Crippen molar-refractivity contribution >= 4 is 23.2 Å². The van der Waals surface area contributed by atoms with Gasteiger partial charge in [-0.05, 0) is 116 Å². The van der Waals surface area contributed by atoms with E-state index in [0.717, 1.165) is 43.6 Å². The minimum atomic E-state index is -0.264. The third-order valence-corrected chi connectivity index (χ3v) is 10.7. The minimum absolute atomic E-state index is 0.0428. The molecule has 2 amide bonds. The van der Waals surface area contributed by atoms with Gasteiger partial charge in [0.05, 0.1) is 19.8 Å². The third-order valence-electron chi connectivity index (χ3n) is 10.7. The highest BCUT2D eigenvalue weighted by Crippen LogP contribution is 2.27. The smallest absolute Gasteiger partial charge is 0.331 e. The molecule has 5 aromatic rings. The molecule has 12 heteroatoms. The highest BCUT2D eigenvalue weighted by molar-refractivity contribution is 6.05. The third kappa shape index (κ3) is 19.2. The van der Waals surface area contributed by atoms with Gasteiger partial charge in [-0.3, -0.25) is 9.59 Å². The van der Waals surface area contributed by atoms with Crippen LogP contribution < -0.4 is 34.3 Å². The van der Waals surface area contributed by atoms with Crippen LogP contribution in [-0.4, -0.2) is 46.6 Å². The second-order valence-corrected chi connectivity index (χ2v) is 16.2. The lowest BCUT2D eigenvalue weighted by Crippen LogP contribution is -2.11. The molecule has 0 spiro atoms. The highest BCUT2D eigenvalue weighted by atomic mass is 16.5. The van der Waals surface area contributed by atoms with E-state index in [4.69, 9.17) is 23.7 Å². The fraction of sp³-hybridized carbons (Fsp3) is 0.453. The molecule has 0 fully saturated rings. The molecule has 0 aliphatic rings. The number of amides is 2. The Morgan fingerprint density at radius 3 is 1.05 bits per heavy atom. The van der Waals surface area contributed by atoms with Gasteiger partial charge in [-0.25, -0.2) is 0 Å². The molecule has 65 heavy (non-hydrogen) atoms. The van der Waals surface area contributed by atoms with Gasteiger partial charge in [-0.2, -0.15) is 0 Å². The van der Waals surface area contributed by atoms with E-state index in [2.05, 4.69) is 46.4 Å². The Balaban J connectivity index is 1.14. The summed E-state index contributed by atoms with van der Waals surface area (Å²) < 4.78 is 29.7. The molecule has 0 bridgehead atoms. The summed E-state index contributed by atoms with van der Waals surface area (Å²) in [7, 11) is 0. The van der Waals surface area contributed by atoms with Gasteiger partial charge in [0.1, 0.15) is 23.0 Å². The largest absolute Gasteiger partial charge is 0.494 e. The van der Waals surface area contributed by atoms with Gasteiger partial charge in [0.2, 0.25) is 0 Å². The molecule has 0 radical (unpaired) electrons. The number of rotatable bonds is 32. The Morgan fingerprint density at radius 2 is 0.677 bits per heavy atom. The van der Waals surface area contributed by atoms with Crippen molar-refractivity contribution in [3.05, 3.63) is 108 Å². The van der Waals surface area contributed by atoms with E-state index in [1.807, 2.05) is 48.5 Å². The molecule has 5 rings (SSSR count). The highest BCUT2D eigenvalue weighted by Gasteiger charge is 2.15. The number of hydrogen-bond donors (Lipinski definition) is 2. The average molecular weight is 888 g/mol. The first-order valence-corrected chi connectivity index (χ1v) is 24.0. The predicted molar refractivity (Wildman–Crippen MR) is 258 cm³/mol. The van der Waals surface area contributed by atoms with Crippen LogP contribution in [0.5, 0.6) is 41.0 Å². The SMILES string of the molecule is CCCCCCCCOc1ccc(NC(=O)c2ccc(Oc3nc(OCCCCCCCC)nc(Oc4ccc(C(=O)Nc5ccc(OCCCCCCCC)cc5)cc4)n3)cc2)cc1. The number of aromatic nitrogens is 3. The van der Waals surface area contributed by atoms with Crippen molar-refractivity contribution in [2.45, 2.75) is 136 Å². The van der Waals surface area contributed by atoms with Crippen LogP contribution in [0.25, 0.3) is 0 Å². The molecule has 0 atom stereocenters. The molecular weight excluding hydrogens is 819 g/mol. The first kappa shape index (κ1) is 49.8. The number of hydrogen-bond acceptors (Lipinski definition) is 10. The Kier molecular flexibility index (Phi) is 22.5. The number of carbonyl (C=O) groups excluding carboxylic acids is 2. The van der Waals surface area contributed by atoms with E-state index >= 15 is 0 Å². The van der Waals surface area contributed by atoms with Crippen molar-refractivity contribution in [3.63, 3.8) is 0 Å². The fourth-order valence-electron chi connectivity index (χ4n) is 6.90. The predicted octanol–water partition coefficient (Wildman–Crippen LogP) is 14.2. The molecular formula is C53H69N5O7. The van der Waals surface area contributed by atoms with E-state index in [-0.39, 0.29) is 29.8 Å². The molecule has 2 N–H and O–H groups in total. The number of anilines is 2. The van der Waals surface area contributed by atoms with Gasteiger partial charge < -0.3 is 34.3 Å². The van der Waals surface area contributed by atoms with E-state index in [9.17, 15) is 9.59 Å². The summed E-state index contributed by atoms with van der Waals surface area (Å²) in [5.41, 5.74) is 2.22. The van der Waals surface area contributed by atoms with Crippen molar-refractivity contribution in [3.8, 4) is 41.0 Å². The zero-order valence-electron chi connectivity index (χ0n) is 38.8. The van der Waals surface area contributed by atoms with Gasteiger partial charge in [0.25, 0.3) is 11.8 Å². The lowest BCUT2D eigenvalue weighted by molar-refractivity contribution is 0.101. The minimum Gasteiger partial charge on any atom is -0.494 e. The Bertz CT molecular complexity index is 1960. The molecule has 0 saturated heterocycles. The van der Waals surface area contributed by atoms with Crippen molar-refractivity contribution < 1.29 is 33.3 Å². The van der Waals surface area contributed by atoms with Crippen LogP contribution in [0.4, 0.5) is 11.4 Å². The number of ether oxygens (including phenoxy) is 5. The molecule has 0 saturated carbocycles. The van der Waals surface area contributed by atoms with Gasteiger partial charge in [0.15, 0.2) is 0 Å². The second kappa shape index (κ2) is 29.3. The summed E-state index contributed by atoms with van der Waals surface area (Å²) in [5.74, 6) is 1.83. The normalized spacial score (nSPS) is 10.9. The molecule has 0 aliphatic carbocycles. The van der Waals surface area contributed by atoms with E-state index in [0.29, 0.717) is 53.8 Å². The van der Waals surface area contributed by atoms with Gasteiger partial charge in [-0.1, -0.05) is 117 Å². The molecule has 0 unspecified atom stereocenters. The summed E-state index contributed by atoms with van der Waals surface area (Å²) in [6, 6.07) is 28.1. The number of carbonyl (C=O) groups is 2. The summed E-state index contributed by atoms with van der Waals surface area (Å²) in [6.45, 7) is 8.43. The average Bonchev–Trinajstić information content (AvgIpc) is 3.32. The van der Waals surface area contributed by atoms with Crippen molar-refractivity contribution in [2.24, 2.45) is 0 Å². The van der Waals surface area contributed by atoms with E-state index in [1.54, 1.807) is 48.5 Å². The van der Waals surface area contributed by atoms with Crippen LogP contribution in [0, 0.1) is 0 Å². The van der Waals surface area contributed by atoms with Crippen LogP contribution in [0.15, 0.2) is 97.1 Å². The molecule has 1 aromatic heterocycles. The Labute approximate surface area is 386 Å². The molecule has 4 aromatic carbocycles. The van der Waals surface area contributed by atoms with Crippen LogP contribution in [0.3, 0.4) is 0 Å². The summed E-state index contributed by atoms with van der Waals surface area (Å²) in [5, 5.41) is 5.87. The molecule has 0 aliphatic heterocycles. The maximum absolute atomic E-state index is 13.1. The Hall–Kier alpha value is -6.17. The van der Waals surface area contributed by atoms with Crippen LogP contribution in [0.2, 0.25) is 0 Å². The maximum Gasteiger partial charge on any atom is 0.331 e. The quantitative estimate of drug-likeness (QED) is 0.0401. The van der Waals surface area contributed by atoms with Crippen LogP contribution in [0.1, 0.15) is 157 Å². The first-order valence-electron chi connectivity index (χ1n) is 24.0. The van der Waals surface area contributed by atoms with E-state index < -0.39 is 0 Å². The lowest BCUT2D eigenvalue weighted by Gasteiger charge is -2.11. The van der Waals surface area contributed by atoms with Gasteiger partial charge in [-0.15, -0.1) is 15.0 Å². The van der Waals surface area contributed by atoms with Crippen LogP contribution >= 0.6 is 0 Å². The molecule has 12 nitrogen and oxygen atoms in total. The standard InChI is InChI=1S/C53H69N5O7/c1-4-7-10-13-16-19-38-61-45-34-26-43(27-35-45)54-49(59)41-22-30-47(31-23-41)64-52-56-51(63-40-21-18-15-12-9-6-3)57-53(58-52)65-48-32-24-42(25-33-48)50(60)55-44-28-36-46(37-29-44)62-39-20-17-14-11-8-5-2/h22-37H,4-21,38-40H2,1-3H3,(H,54,59)(H,55,60). The lowest BCUT2D eigenvalue weighted by atomic mass is 10.1. The fourth-order valence-corrected chi connectivity index (χ4v) is 6.90. The van der Waals surface area contributed by atoms with Gasteiger partial charge >= 0.3 is 18.0 Å². The maximum atomic E-state index is 13.1. The van der Waals surface area contributed by atoms with Gasteiger partial charge in [0, 0.05) is 22.5 Å². The first-order chi connectivity index (χ1) is 31.9. The number of unbranched alkanes of at least 4 members (excludes halogenated alkanes) is 15. The monoisotopic (exact) mass is 888 g/mol. The van der Waals surface area contributed by atoms with Crippen molar-refractivity contribution in [1.29, 1.82) is 0 Å². The topological polar surface area (TPSA) is 143 Å². The number of nitrogens with one attached hydrogen (secondary N) is 2. The zero-order chi connectivity index (χ0) is 45.7. The van der Waals surface area contributed by atoms with Crippen molar-refractivity contribution in [1.82, 2.24) is 15.0 Å². The van der Waals surface area contributed by atoms with Crippen LogP contribution in [-0.2, 0) is 0 Å². The summed E-state index contributed by atoms with van der Waals surface area (Å²) >= 11 is 0. The summed E-state index contributed by atoms with van der Waals surface area (Å²) in [4.78, 5) is 39.4. The second-order valence-electron chi connectivity index (χ2n) is 16.2. The molecule has 348 valence electrons. The number of benzene rings is 4. The summed E-state index contributed by atoms with van der Waals surface area (Å²) in [6.07, 6.45) is 21.1. The Morgan fingerprint density at radius 1 is 0.369 bits per heavy atom. The van der Waals surface area contributed by atoms with E-state index in [1.165, 1.54) is 83.5 Å². The molecule has 1 heterocycles. The van der Waals surface area contributed by atoms with Crippen molar-refractivity contribution in [2.75, 3.05) is 30.5 Å². The number of nitrogens with zero attached hydrogens (tertiary/aromatic N) is 3. The zero-order valence-corrected chi connectivity index (χ0v) is 38.8.